The van der Waals surface area contributed by atoms with E-state index in [0.717, 1.165) is 23.9 Å². The maximum absolute atomic E-state index is 11.9. The predicted octanol–water partition coefficient (Wildman–Crippen LogP) is 3.32. The van der Waals surface area contributed by atoms with Crippen LogP contribution in [0.4, 0.5) is 0 Å². The van der Waals surface area contributed by atoms with E-state index in [1.807, 2.05) is 6.07 Å². The van der Waals surface area contributed by atoms with E-state index >= 15 is 0 Å². The van der Waals surface area contributed by atoms with Crippen LogP contribution in [0.15, 0.2) is 12.1 Å². The lowest BCUT2D eigenvalue weighted by molar-refractivity contribution is 0.0935. The van der Waals surface area contributed by atoms with Gasteiger partial charge >= 0.3 is 0 Å². The van der Waals surface area contributed by atoms with Crippen molar-refractivity contribution in [3.05, 3.63) is 21.3 Å². The van der Waals surface area contributed by atoms with Crippen LogP contribution in [0.5, 0.6) is 0 Å². The van der Waals surface area contributed by atoms with E-state index in [1.54, 1.807) is 6.07 Å². The molecule has 0 aromatic carbocycles. The zero-order chi connectivity index (χ0) is 11.5. The van der Waals surface area contributed by atoms with Crippen LogP contribution in [0, 0.1) is 5.92 Å². The van der Waals surface area contributed by atoms with Crippen molar-refractivity contribution in [2.45, 2.75) is 19.8 Å². The van der Waals surface area contributed by atoms with E-state index in [4.69, 9.17) is 11.6 Å². The molecule has 2 rings (SSSR count). The van der Waals surface area contributed by atoms with Gasteiger partial charge in [0.25, 0.3) is 0 Å². The van der Waals surface area contributed by atoms with Gasteiger partial charge in [-0.15, -0.1) is 11.3 Å². The number of Topliss-reactive ketones (excluding diaryl/α,β-unsaturated/α-hetero) is 1. The quantitative estimate of drug-likeness (QED) is 0.729. The molecule has 4 heteroatoms. The average molecular weight is 258 g/mol. The molecular weight excluding hydrogens is 242 g/mol. The molecule has 1 saturated carbocycles. The Bertz CT molecular complexity index is 373. The van der Waals surface area contributed by atoms with Gasteiger partial charge in [0.15, 0.2) is 5.78 Å². The van der Waals surface area contributed by atoms with Gasteiger partial charge < -0.3 is 0 Å². The molecule has 1 aliphatic carbocycles. The van der Waals surface area contributed by atoms with Crippen LogP contribution in [0.25, 0.3) is 0 Å². The minimum absolute atomic E-state index is 0.194. The largest absolute Gasteiger partial charge is 0.296 e. The number of halogens is 1. The van der Waals surface area contributed by atoms with Gasteiger partial charge in [-0.1, -0.05) is 18.5 Å². The molecule has 0 atom stereocenters. The van der Waals surface area contributed by atoms with E-state index in [1.165, 1.54) is 24.2 Å². The highest BCUT2D eigenvalue weighted by Gasteiger charge is 2.24. The monoisotopic (exact) mass is 257 g/mol. The van der Waals surface area contributed by atoms with E-state index in [-0.39, 0.29) is 5.78 Å². The van der Waals surface area contributed by atoms with Crippen molar-refractivity contribution in [2.24, 2.45) is 5.92 Å². The SMILES string of the molecule is CCN(CC(=O)c1ccc(Cl)s1)CC1CC1. The van der Waals surface area contributed by atoms with Gasteiger partial charge in [-0.3, -0.25) is 9.69 Å². The minimum Gasteiger partial charge on any atom is -0.296 e. The third kappa shape index (κ3) is 3.30. The molecule has 1 aromatic rings. The summed E-state index contributed by atoms with van der Waals surface area (Å²) in [5.74, 6) is 1.03. The number of nitrogens with zero attached hydrogens (tertiary/aromatic N) is 1. The third-order valence-corrected chi connectivity index (χ3v) is 4.15. The van der Waals surface area contributed by atoms with Crippen LogP contribution < -0.4 is 0 Å². The van der Waals surface area contributed by atoms with Gasteiger partial charge in [0, 0.05) is 6.54 Å². The number of likely N-dealkylation sites (N-methyl/N-ethyl adjacent to an activating group) is 1. The zero-order valence-electron chi connectivity index (χ0n) is 9.41. The number of hydrogen-bond acceptors (Lipinski definition) is 3. The highest BCUT2D eigenvalue weighted by Crippen LogP contribution is 2.30. The number of carbonyl (C=O) groups excluding carboxylic acids is 1. The van der Waals surface area contributed by atoms with Crippen LogP contribution in [0.1, 0.15) is 29.4 Å². The maximum atomic E-state index is 11.9. The summed E-state index contributed by atoms with van der Waals surface area (Å²) in [7, 11) is 0. The molecule has 0 aliphatic heterocycles. The summed E-state index contributed by atoms with van der Waals surface area (Å²) in [6.45, 7) is 4.66. The summed E-state index contributed by atoms with van der Waals surface area (Å²) in [5, 5.41) is 0. The smallest absolute Gasteiger partial charge is 0.186 e. The van der Waals surface area contributed by atoms with Gasteiger partial charge in [0.2, 0.25) is 0 Å². The van der Waals surface area contributed by atoms with Crippen LogP contribution in [-0.2, 0) is 0 Å². The summed E-state index contributed by atoms with van der Waals surface area (Å²) in [6.07, 6.45) is 2.66. The van der Waals surface area contributed by atoms with Crippen molar-refractivity contribution in [1.82, 2.24) is 4.90 Å². The molecule has 0 amide bonds. The van der Waals surface area contributed by atoms with E-state index in [9.17, 15) is 4.79 Å². The first-order valence-corrected chi connectivity index (χ1v) is 6.89. The molecule has 2 nitrogen and oxygen atoms in total. The molecule has 0 unspecified atom stereocenters. The molecule has 88 valence electrons. The van der Waals surface area contributed by atoms with Crippen LogP contribution >= 0.6 is 22.9 Å². The summed E-state index contributed by atoms with van der Waals surface area (Å²) >= 11 is 7.19. The molecule has 0 spiro atoms. The first kappa shape index (κ1) is 12.1. The second-order valence-electron chi connectivity index (χ2n) is 4.30. The molecule has 0 N–H and O–H groups in total. The van der Waals surface area contributed by atoms with Crippen molar-refractivity contribution >= 4 is 28.7 Å². The van der Waals surface area contributed by atoms with Crippen LogP contribution in [-0.4, -0.2) is 30.3 Å². The number of hydrogen-bond donors (Lipinski definition) is 0. The Morgan fingerprint density at radius 1 is 1.56 bits per heavy atom. The molecule has 1 fully saturated rings. The second kappa shape index (κ2) is 5.30. The first-order chi connectivity index (χ1) is 7.69. The lowest BCUT2D eigenvalue weighted by Crippen LogP contribution is -2.31. The molecule has 0 saturated heterocycles. The molecule has 16 heavy (non-hydrogen) atoms. The number of thiophene rings is 1. The molecule has 1 aliphatic rings. The fraction of sp³-hybridized carbons (Fsp3) is 0.583. The predicted molar refractivity (Wildman–Crippen MR) is 68.5 cm³/mol. The Morgan fingerprint density at radius 2 is 2.31 bits per heavy atom. The average Bonchev–Trinajstić information content (AvgIpc) is 2.97. The van der Waals surface area contributed by atoms with E-state index in [2.05, 4.69) is 11.8 Å². The zero-order valence-corrected chi connectivity index (χ0v) is 11.0. The highest BCUT2D eigenvalue weighted by molar-refractivity contribution is 7.18. The topological polar surface area (TPSA) is 20.3 Å². The minimum atomic E-state index is 0.194. The first-order valence-electron chi connectivity index (χ1n) is 5.70. The lowest BCUT2D eigenvalue weighted by atomic mass is 10.2. The van der Waals surface area contributed by atoms with Gasteiger partial charge in [-0.2, -0.15) is 0 Å². The Balaban J connectivity index is 1.89. The van der Waals surface area contributed by atoms with Crippen molar-refractivity contribution in [3.63, 3.8) is 0 Å². The number of carbonyl (C=O) groups is 1. The molecule has 0 radical (unpaired) electrons. The Labute approximate surface area is 105 Å². The maximum Gasteiger partial charge on any atom is 0.186 e. The Kier molecular flexibility index (Phi) is 4.00. The summed E-state index contributed by atoms with van der Waals surface area (Å²) in [5.41, 5.74) is 0. The van der Waals surface area contributed by atoms with Gasteiger partial charge in [-0.05, 0) is 37.4 Å². The van der Waals surface area contributed by atoms with E-state index in [0.29, 0.717) is 10.9 Å². The third-order valence-electron chi connectivity index (χ3n) is 2.88. The Morgan fingerprint density at radius 3 is 2.81 bits per heavy atom. The summed E-state index contributed by atoms with van der Waals surface area (Å²) in [4.78, 5) is 14.9. The fourth-order valence-electron chi connectivity index (χ4n) is 1.72. The molecule has 1 aromatic heterocycles. The van der Waals surface area contributed by atoms with Crippen molar-refractivity contribution in [1.29, 1.82) is 0 Å². The number of ketones is 1. The van der Waals surface area contributed by atoms with Gasteiger partial charge in [-0.25, -0.2) is 0 Å². The van der Waals surface area contributed by atoms with Crippen molar-refractivity contribution < 1.29 is 4.79 Å². The van der Waals surface area contributed by atoms with E-state index < -0.39 is 0 Å². The normalized spacial score (nSPS) is 15.7. The molecular formula is C12H16ClNOS. The standard InChI is InChI=1S/C12H16ClNOS/c1-2-14(7-9-3-4-9)8-10(15)11-5-6-12(13)16-11/h5-6,9H,2-4,7-8H2,1H3. The molecule has 0 bridgehead atoms. The lowest BCUT2D eigenvalue weighted by Gasteiger charge is -2.18. The Hall–Kier alpha value is -0.380. The fourth-order valence-corrected chi connectivity index (χ4v) is 2.69. The van der Waals surface area contributed by atoms with Gasteiger partial charge in [0.1, 0.15) is 0 Å². The summed E-state index contributed by atoms with van der Waals surface area (Å²) < 4.78 is 0.689. The highest BCUT2D eigenvalue weighted by atomic mass is 35.5. The van der Waals surface area contributed by atoms with Crippen LogP contribution in [0.3, 0.4) is 0 Å². The van der Waals surface area contributed by atoms with Gasteiger partial charge in [0.05, 0.1) is 15.8 Å². The molecule has 1 heterocycles. The van der Waals surface area contributed by atoms with Crippen LogP contribution in [0.2, 0.25) is 4.34 Å². The van der Waals surface area contributed by atoms with Crippen molar-refractivity contribution in [3.8, 4) is 0 Å². The summed E-state index contributed by atoms with van der Waals surface area (Å²) in [6, 6.07) is 3.61. The second-order valence-corrected chi connectivity index (χ2v) is 6.01. The van der Waals surface area contributed by atoms with Crippen molar-refractivity contribution in [2.75, 3.05) is 19.6 Å². The number of rotatable bonds is 6.